The average Bonchev–Trinajstić information content (AvgIpc) is 3.13. The second-order valence-corrected chi connectivity index (χ2v) is 7.32. The zero-order valence-corrected chi connectivity index (χ0v) is 16.3. The van der Waals surface area contributed by atoms with Gasteiger partial charge in [0.15, 0.2) is 11.7 Å². The number of carbonyl (C=O) groups excluding carboxylic acids is 1. The lowest BCUT2D eigenvalue weighted by Gasteiger charge is -2.32. The lowest BCUT2D eigenvalue weighted by Crippen LogP contribution is -2.45. The van der Waals surface area contributed by atoms with Crippen LogP contribution in [-0.2, 0) is 4.79 Å². The Morgan fingerprint density at radius 2 is 1.93 bits per heavy atom. The average molecular weight is 379 g/mol. The molecule has 0 aliphatic carbocycles. The normalized spacial score (nSPS) is 15.8. The molecule has 2 aromatic heterocycles. The van der Waals surface area contributed by atoms with Gasteiger partial charge in [-0.15, -0.1) is 0 Å². The van der Waals surface area contributed by atoms with Gasteiger partial charge in [0.1, 0.15) is 5.82 Å². The third kappa shape index (κ3) is 4.37. The van der Waals surface area contributed by atoms with Crippen molar-refractivity contribution in [2.75, 3.05) is 45.1 Å². The van der Waals surface area contributed by atoms with E-state index in [1.54, 1.807) is 12.4 Å². The molecular weight excluding hydrogens is 354 g/mol. The summed E-state index contributed by atoms with van der Waals surface area (Å²) in [5, 5.41) is 4.93. The molecule has 0 radical (unpaired) electrons. The molecule has 3 heterocycles. The van der Waals surface area contributed by atoms with Crippen LogP contribution in [0.5, 0.6) is 0 Å². The topological polar surface area (TPSA) is 74.5 Å². The highest BCUT2D eigenvalue weighted by molar-refractivity contribution is 5.93. The van der Waals surface area contributed by atoms with Gasteiger partial charge in [-0.1, -0.05) is 12.1 Å². The van der Waals surface area contributed by atoms with Crippen molar-refractivity contribution in [1.29, 1.82) is 0 Å². The molecule has 3 aromatic rings. The molecule has 0 bridgehead atoms. The number of nitrogens with zero attached hydrogens (tertiary/aromatic N) is 4. The van der Waals surface area contributed by atoms with Crippen LogP contribution in [0, 0.1) is 6.92 Å². The molecule has 1 aliphatic rings. The number of carbonyl (C=O) groups is 1. The molecular formula is C21H25N5O2. The fourth-order valence-corrected chi connectivity index (χ4v) is 3.39. The van der Waals surface area contributed by atoms with Crippen LogP contribution in [0.15, 0.2) is 41.1 Å². The van der Waals surface area contributed by atoms with Gasteiger partial charge in [-0.3, -0.25) is 4.79 Å². The monoisotopic (exact) mass is 379 g/mol. The van der Waals surface area contributed by atoms with E-state index < -0.39 is 0 Å². The van der Waals surface area contributed by atoms with Crippen molar-refractivity contribution >= 4 is 22.5 Å². The van der Waals surface area contributed by atoms with Gasteiger partial charge in [-0.2, -0.15) is 0 Å². The molecule has 7 nitrogen and oxygen atoms in total. The fourth-order valence-electron chi connectivity index (χ4n) is 3.39. The summed E-state index contributed by atoms with van der Waals surface area (Å²) in [6, 6.07) is 7.90. The number of aromatic nitrogens is 2. The third-order valence-corrected chi connectivity index (χ3v) is 5.15. The number of pyridine rings is 1. The lowest BCUT2D eigenvalue weighted by molar-refractivity contribution is -0.116. The number of likely N-dealkylation sites (N-methyl/N-ethyl adjacent to an activating group) is 1. The molecule has 1 amide bonds. The fraction of sp³-hybridized carbons (Fsp3) is 0.381. The molecule has 0 atom stereocenters. The van der Waals surface area contributed by atoms with E-state index in [2.05, 4.69) is 32.1 Å². The maximum absolute atomic E-state index is 12.3. The van der Waals surface area contributed by atoms with Crippen molar-refractivity contribution in [1.82, 2.24) is 19.8 Å². The molecule has 1 saturated heterocycles. The number of piperazine rings is 1. The smallest absolute Gasteiger partial charge is 0.226 e. The number of fused-ring (bicyclic) bond motifs is 1. The number of benzene rings is 1. The molecule has 146 valence electrons. The van der Waals surface area contributed by atoms with Gasteiger partial charge in [0.05, 0.1) is 6.20 Å². The first-order chi connectivity index (χ1) is 13.6. The summed E-state index contributed by atoms with van der Waals surface area (Å²) in [7, 11) is 2.13. The van der Waals surface area contributed by atoms with E-state index in [0.29, 0.717) is 18.1 Å². The number of hydrogen-bond donors (Lipinski definition) is 1. The van der Waals surface area contributed by atoms with Crippen molar-refractivity contribution < 1.29 is 9.21 Å². The molecule has 1 aliphatic heterocycles. The van der Waals surface area contributed by atoms with Crippen LogP contribution in [0.2, 0.25) is 0 Å². The molecule has 1 fully saturated rings. The van der Waals surface area contributed by atoms with Crippen molar-refractivity contribution in [3.05, 3.63) is 42.5 Å². The Hall–Kier alpha value is -2.77. The van der Waals surface area contributed by atoms with Crippen molar-refractivity contribution in [3.63, 3.8) is 0 Å². The first-order valence-electron chi connectivity index (χ1n) is 9.60. The quantitative estimate of drug-likeness (QED) is 0.735. The van der Waals surface area contributed by atoms with E-state index in [1.807, 2.05) is 31.2 Å². The van der Waals surface area contributed by atoms with Crippen LogP contribution in [0.1, 0.15) is 12.3 Å². The first-order valence-corrected chi connectivity index (χ1v) is 9.60. The van der Waals surface area contributed by atoms with Gasteiger partial charge in [-0.25, -0.2) is 9.97 Å². The van der Waals surface area contributed by atoms with Gasteiger partial charge < -0.3 is 19.5 Å². The largest absolute Gasteiger partial charge is 0.441 e. The second-order valence-electron chi connectivity index (χ2n) is 7.32. The Balaban J connectivity index is 1.41. The van der Waals surface area contributed by atoms with E-state index in [0.717, 1.165) is 54.8 Å². The highest BCUT2D eigenvalue weighted by Gasteiger charge is 2.15. The van der Waals surface area contributed by atoms with Crippen LogP contribution in [0.25, 0.3) is 22.1 Å². The summed E-state index contributed by atoms with van der Waals surface area (Å²) >= 11 is 0. The van der Waals surface area contributed by atoms with E-state index in [1.165, 1.54) is 0 Å². The molecule has 0 spiro atoms. The number of hydrogen-bond acceptors (Lipinski definition) is 6. The minimum Gasteiger partial charge on any atom is -0.441 e. The van der Waals surface area contributed by atoms with Gasteiger partial charge >= 0.3 is 0 Å². The molecule has 28 heavy (non-hydrogen) atoms. The van der Waals surface area contributed by atoms with E-state index in [-0.39, 0.29) is 5.91 Å². The number of amides is 1. The summed E-state index contributed by atoms with van der Waals surface area (Å²) in [5.74, 6) is 1.93. The Kier molecular flexibility index (Phi) is 5.36. The molecule has 0 unspecified atom stereocenters. The first kappa shape index (κ1) is 18.6. The summed E-state index contributed by atoms with van der Waals surface area (Å²) in [5.41, 5.74) is 0.951. The maximum atomic E-state index is 12.3. The van der Waals surface area contributed by atoms with Gasteiger partial charge in [0, 0.05) is 63.2 Å². The lowest BCUT2D eigenvalue weighted by atomic mass is 10.1. The second kappa shape index (κ2) is 8.08. The van der Waals surface area contributed by atoms with Crippen LogP contribution in [-0.4, -0.2) is 65.4 Å². The van der Waals surface area contributed by atoms with Gasteiger partial charge in [-0.05, 0) is 24.6 Å². The number of oxazole rings is 1. The molecule has 4 rings (SSSR count). The summed E-state index contributed by atoms with van der Waals surface area (Å²) in [6.45, 7) is 6.75. The standard InChI is InChI=1S/C21H25N5O2/c1-15-22-14-19(28-15)16-3-4-17-13-23-20(12-18(17)11-16)24-21(27)5-6-26-9-7-25(2)8-10-26/h3-4,11-14H,5-10H2,1-2H3,(H,23,24,27). The van der Waals surface area contributed by atoms with E-state index in [9.17, 15) is 4.79 Å². The van der Waals surface area contributed by atoms with E-state index >= 15 is 0 Å². The van der Waals surface area contributed by atoms with Crippen LogP contribution in [0.3, 0.4) is 0 Å². The SMILES string of the molecule is Cc1ncc(-c2ccc3cnc(NC(=O)CCN4CCN(C)CC4)cc3c2)o1. The van der Waals surface area contributed by atoms with Gasteiger partial charge in [0.25, 0.3) is 0 Å². The highest BCUT2D eigenvalue weighted by Crippen LogP contribution is 2.26. The zero-order chi connectivity index (χ0) is 19.5. The summed E-state index contributed by atoms with van der Waals surface area (Å²) in [6.07, 6.45) is 3.97. The Labute approximate surface area is 164 Å². The van der Waals surface area contributed by atoms with Crippen LogP contribution in [0.4, 0.5) is 5.82 Å². The molecule has 1 N–H and O–H groups in total. The summed E-state index contributed by atoms with van der Waals surface area (Å²) < 4.78 is 5.61. The molecule has 7 heteroatoms. The Bertz CT molecular complexity index is 976. The predicted molar refractivity (Wildman–Crippen MR) is 109 cm³/mol. The maximum Gasteiger partial charge on any atom is 0.226 e. The minimum absolute atomic E-state index is 0.00667. The van der Waals surface area contributed by atoms with Crippen molar-refractivity contribution in [3.8, 4) is 11.3 Å². The molecule has 0 saturated carbocycles. The molecule has 1 aromatic carbocycles. The van der Waals surface area contributed by atoms with Crippen LogP contribution < -0.4 is 5.32 Å². The number of anilines is 1. The zero-order valence-electron chi connectivity index (χ0n) is 16.3. The highest BCUT2D eigenvalue weighted by atomic mass is 16.4. The van der Waals surface area contributed by atoms with Crippen molar-refractivity contribution in [2.24, 2.45) is 0 Å². The number of rotatable bonds is 5. The van der Waals surface area contributed by atoms with E-state index in [4.69, 9.17) is 4.42 Å². The van der Waals surface area contributed by atoms with Gasteiger partial charge in [0.2, 0.25) is 5.91 Å². The third-order valence-electron chi connectivity index (χ3n) is 5.15. The summed E-state index contributed by atoms with van der Waals surface area (Å²) in [4.78, 5) is 25.5. The Morgan fingerprint density at radius 1 is 1.11 bits per heavy atom. The Morgan fingerprint density at radius 3 is 2.68 bits per heavy atom. The minimum atomic E-state index is -0.00667. The van der Waals surface area contributed by atoms with Crippen molar-refractivity contribution in [2.45, 2.75) is 13.3 Å². The number of aryl methyl sites for hydroxylation is 1. The number of nitrogens with one attached hydrogen (secondary N) is 1. The predicted octanol–water partition coefficient (Wildman–Crippen LogP) is 2.77. The van der Waals surface area contributed by atoms with Crippen LogP contribution >= 0.6 is 0 Å².